The molecule has 3 aromatic rings. The van der Waals surface area contributed by atoms with Crippen molar-refractivity contribution in [3.8, 4) is 5.75 Å². The smallest absolute Gasteiger partial charge is 0.254 e. The first-order valence-corrected chi connectivity index (χ1v) is 14.0. The number of thiophene rings is 1. The van der Waals surface area contributed by atoms with E-state index in [4.69, 9.17) is 4.74 Å². The van der Waals surface area contributed by atoms with E-state index in [1.54, 1.807) is 18.4 Å². The molecule has 1 aromatic heterocycles. The van der Waals surface area contributed by atoms with Crippen molar-refractivity contribution in [3.63, 3.8) is 0 Å². The second-order valence-corrected chi connectivity index (χ2v) is 10.9. The molecule has 194 valence electrons. The Morgan fingerprint density at radius 2 is 1.76 bits per heavy atom. The van der Waals surface area contributed by atoms with Gasteiger partial charge in [0, 0.05) is 42.7 Å². The molecule has 0 aliphatic carbocycles. The van der Waals surface area contributed by atoms with Gasteiger partial charge < -0.3 is 14.5 Å². The van der Waals surface area contributed by atoms with Crippen LogP contribution in [-0.4, -0.2) is 72.4 Å². The predicted molar refractivity (Wildman–Crippen MR) is 147 cm³/mol. The minimum absolute atomic E-state index is 0.0294. The van der Waals surface area contributed by atoms with Crippen LogP contribution in [-0.2, 0) is 17.6 Å². The van der Waals surface area contributed by atoms with Gasteiger partial charge in [-0.2, -0.15) is 0 Å². The van der Waals surface area contributed by atoms with Gasteiger partial charge in [0.25, 0.3) is 5.91 Å². The standard InChI is InChI=1S/C30H35N3O3S/c1-4-22-5-7-24(8-6-22)30(35)33-17-16-31(19-21(33)2)28(34)20-32-15-13-27-26(14-18-37-27)29(32)23-9-11-25(36-3)12-10-23/h5-12,14,18,21,29H,4,13,15-17,19-20H2,1-3H3/t21-,29+/m0/s1. The molecule has 5 rings (SSSR count). The molecule has 2 aromatic carbocycles. The van der Waals surface area contributed by atoms with Crippen LogP contribution < -0.4 is 4.74 Å². The maximum atomic E-state index is 13.5. The molecule has 0 bridgehead atoms. The first-order valence-electron chi connectivity index (χ1n) is 13.1. The molecule has 0 radical (unpaired) electrons. The molecule has 2 aliphatic heterocycles. The van der Waals surface area contributed by atoms with Crippen LogP contribution in [0, 0.1) is 0 Å². The lowest BCUT2D eigenvalue weighted by molar-refractivity contribution is -0.135. The molecule has 7 heteroatoms. The Balaban J connectivity index is 1.26. The van der Waals surface area contributed by atoms with Crippen LogP contribution in [0.15, 0.2) is 60.0 Å². The van der Waals surface area contributed by atoms with Gasteiger partial charge in [0.15, 0.2) is 0 Å². The van der Waals surface area contributed by atoms with Crippen LogP contribution in [0.3, 0.4) is 0 Å². The van der Waals surface area contributed by atoms with Crippen molar-refractivity contribution in [2.45, 2.75) is 38.8 Å². The first-order chi connectivity index (χ1) is 18.0. The number of fused-ring (bicyclic) bond motifs is 1. The molecule has 2 atom stereocenters. The number of rotatable bonds is 6. The summed E-state index contributed by atoms with van der Waals surface area (Å²) in [7, 11) is 1.67. The lowest BCUT2D eigenvalue weighted by atomic mass is 9.93. The van der Waals surface area contributed by atoms with E-state index in [1.165, 1.54) is 21.6 Å². The fraction of sp³-hybridized carbons (Fsp3) is 0.400. The molecule has 37 heavy (non-hydrogen) atoms. The van der Waals surface area contributed by atoms with Crippen molar-refractivity contribution in [1.82, 2.24) is 14.7 Å². The number of aryl methyl sites for hydroxylation is 1. The van der Waals surface area contributed by atoms with Crippen LogP contribution in [0.2, 0.25) is 0 Å². The van der Waals surface area contributed by atoms with Crippen LogP contribution in [0.25, 0.3) is 0 Å². The third kappa shape index (κ3) is 5.29. The third-order valence-corrected chi connectivity index (χ3v) is 8.68. The summed E-state index contributed by atoms with van der Waals surface area (Å²) in [6.45, 7) is 7.03. The monoisotopic (exact) mass is 517 g/mol. The molecule has 0 saturated carbocycles. The Labute approximate surface area is 223 Å². The number of piperazine rings is 1. The van der Waals surface area contributed by atoms with Crippen molar-refractivity contribution in [1.29, 1.82) is 0 Å². The summed E-state index contributed by atoms with van der Waals surface area (Å²) >= 11 is 1.80. The Morgan fingerprint density at radius 1 is 1.00 bits per heavy atom. The fourth-order valence-corrected chi connectivity index (χ4v) is 6.43. The Kier molecular flexibility index (Phi) is 7.63. The molecular weight excluding hydrogens is 482 g/mol. The number of ether oxygens (including phenoxy) is 1. The Hall–Kier alpha value is -3.16. The lowest BCUT2D eigenvalue weighted by Gasteiger charge is -2.42. The van der Waals surface area contributed by atoms with Gasteiger partial charge in [-0.25, -0.2) is 0 Å². The number of hydrogen-bond donors (Lipinski definition) is 0. The highest BCUT2D eigenvalue weighted by atomic mass is 32.1. The van der Waals surface area contributed by atoms with Gasteiger partial charge >= 0.3 is 0 Å². The zero-order valence-electron chi connectivity index (χ0n) is 21.9. The highest BCUT2D eigenvalue weighted by Gasteiger charge is 2.34. The van der Waals surface area contributed by atoms with Gasteiger partial charge in [-0.3, -0.25) is 14.5 Å². The lowest BCUT2D eigenvalue weighted by Crippen LogP contribution is -2.57. The van der Waals surface area contributed by atoms with E-state index in [1.807, 2.05) is 53.1 Å². The summed E-state index contributed by atoms with van der Waals surface area (Å²) in [5.74, 6) is 1.00. The third-order valence-electron chi connectivity index (χ3n) is 7.69. The van der Waals surface area contributed by atoms with Crippen molar-refractivity contribution >= 4 is 23.2 Å². The summed E-state index contributed by atoms with van der Waals surface area (Å²) in [4.78, 5) is 34.2. The van der Waals surface area contributed by atoms with Crippen molar-refractivity contribution < 1.29 is 14.3 Å². The van der Waals surface area contributed by atoms with Gasteiger partial charge in [0.05, 0.1) is 19.7 Å². The minimum Gasteiger partial charge on any atom is -0.497 e. The van der Waals surface area contributed by atoms with Crippen molar-refractivity contribution in [3.05, 3.63) is 87.1 Å². The maximum Gasteiger partial charge on any atom is 0.254 e. The summed E-state index contributed by atoms with van der Waals surface area (Å²) in [5, 5.41) is 2.15. The number of amides is 2. The molecule has 0 spiro atoms. The molecule has 2 amide bonds. The van der Waals surface area contributed by atoms with Gasteiger partial charge in [0.2, 0.25) is 5.91 Å². The number of hydrogen-bond acceptors (Lipinski definition) is 5. The minimum atomic E-state index is -0.0294. The zero-order chi connectivity index (χ0) is 25.9. The molecule has 1 saturated heterocycles. The molecule has 2 aliphatic rings. The van der Waals surface area contributed by atoms with E-state index in [2.05, 4.69) is 35.4 Å². The molecule has 0 unspecified atom stereocenters. The van der Waals surface area contributed by atoms with E-state index in [0.717, 1.165) is 25.1 Å². The topological polar surface area (TPSA) is 53.1 Å². The van der Waals surface area contributed by atoms with Gasteiger partial charge in [-0.05, 0) is 72.2 Å². The van der Waals surface area contributed by atoms with Gasteiger partial charge in [-0.15, -0.1) is 11.3 Å². The van der Waals surface area contributed by atoms with Gasteiger partial charge in [0.1, 0.15) is 5.75 Å². The van der Waals surface area contributed by atoms with Crippen LogP contribution in [0.1, 0.15) is 51.8 Å². The largest absolute Gasteiger partial charge is 0.497 e. The van der Waals surface area contributed by atoms with Crippen molar-refractivity contribution in [2.75, 3.05) is 39.8 Å². The molecule has 0 N–H and O–H groups in total. The highest BCUT2D eigenvalue weighted by molar-refractivity contribution is 7.10. The van der Waals surface area contributed by atoms with Crippen LogP contribution in [0.4, 0.5) is 0 Å². The first kappa shape index (κ1) is 25.5. The molecule has 6 nitrogen and oxygen atoms in total. The summed E-state index contributed by atoms with van der Waals surface area (Å²) in [6, 6.07) is 18.3. The Morgan fingerprint density at radius 3 is 2.43 bits per heavy atom. The quantitative estimate of drug-likeness (QED) is 0.478. The van der Waals surface area contributed by atoms with E-state index in [9.17, 15) is 9.59 Å². The van der Waals surface area contributed by atoms with E-state index in [-0.39, 0.29) is 23.9 Å². The Bertz CT molecular complexity index is 1240. The average Bonchev–Trinajstić information content (AvgIpc) is 3.41. The summed E-state index contributed by atoms with van der Waals surface area (Å²) in [5.41, 5.74) is 4.41. The SMILES string of the molecule is CCc1ccc(C(=O)N2CCN(C(=O)CN3CCc4sccc4[C@H]3c3ccc(OC)cc3)C[C@@H]2C)cc1. The summed E-state index contributed by atoms with van der Waals surface area (Å²) < 4.78 is 5.36. The number of nitrogens with zero attached hydrogens (tertiary/aromatic N) is 3. The molecule has 3 heterocycles. The maximum absolute atomic E-state index is 13.5. The van der Waals surface area contributed by atoms with Crippen molar-refractivity contribution in [2.24, 2.45) is 0 Å². The second kappa shape index (κ2) is 11.1. The van der Waals surface area contributed by atoms with E-state index < -0.39 is 0 Å². The van der Waals surface area contributed by atoms with Gasteiger partial charge in [-0.1, -0.05) is 31.2 Å². The molecular formula is C30H35N3O3S. The van der Waals surface area contributed by atoms with E-state index >= 15 is 0 Å². The molecule has 1 fully saturated rings. The number of benzene rings is 2. The highest BCUT2D eigenvalue weighted by Crippen LogP contribution is 2.38. The van der Waals surface area contributed by atoms with Crippen LogP contribution >= 0.6 is 11.3 Å². The average molecular weight is 518 g/mol. The summed E-state index contributed by atoms with van der Waals surface area (Å²) in [6.07, 6.45) is 1.91. The fourth-order valence-electron chi connectivity index (χ4n) is 5.52. The second-order valence-electron chi connectivity index (χ2n) is 9.93. The number of carbonyl (C=O) groups excluding carboxylic acids is 2. The van der Waals surface area contributed by atoms with E-state index in [0.29, 0.717) is 31.7 Å². The normalized spacial score (nSPS) is 20.0. The zero-order valence-corrected chi connectivity index (χ0v) is 22.7. The number of methoxy groups -OCH3 is 1. The van der Waals surface area contributed by atoms with Crippen LogP contribution in [0.5, 0.6) is 5.75 Å². The number of carbonyl (C=O) groups is 2. The predicted octanol–water partition coefficient (Wildman–Crippen LogP) is 4.64.